The SMILES string of the molecule is Cn1ncc(Cl)c1S(=O)(=O)NCc1ncn[nH]1. The first-order chi connectivity index (χ1) is 8.00. The molecule has 0 aliphatic rings. The first kappa shape index (κ1) is 12.0. The first-order valence-corrected chi connectivity index (χ1v) is 6.38. The molecule has 0 spiro atoms. The van der Waals surface area contributed by atoms with Crippen LogP contribution in [0.1, 0.15) is 5.82 Å². The zero-order chi connectivity index (χ0) is 12.5. The lowest BCUT2D eigenvalue weighted by Crippen LogP contribution is -2.26. The molecule has 0 saturated carbocycles. The average Bonchev–Trinajstić information content (AvgIpc) is 2.86. The van der Waals surface area contributed by atoms with E-state index in [1.54, 1.807) is 0 Å². The summed E-state index contributed by atoms with van der Waals surface area (Å²) in [7, 11) is -2.23. The largest absolute Gasteiger partial charge is 0.262 e. The zero-order valence-corrected chi connectivity index (χ0v) is 10.3. The lowest BCUT2D eigenvalue weighted by Gasteiger charge is -2.05. The summed E-state index contributed by atoms with van der Waals surface area (Å²) in [5.74, 6) is 0.409. The van der Waals surface area contributed by atoms with Gasteiger partial charge in [-0.15, -0.1) is 0 Å². The normalized spacial score (nSPS) is 11.9. The van der Waals surface area contributed by atoms with Gasteiger partial charge in [-0.1, -0.05) is 11.6 Å². The number of nitrogens with zero attached hydrogens (tertiary/aromatic N) is 4. The number of sulfonamides is 1. The third-order valence-electron chi connectivity index (χ3n) is 1.99. The lowest BCUT2D eigenvalue weighted by atomic mass is 10.6. The van der Waals surface area contributed by atoms with E-state index in [4.69, 9.17) is 11.6 Å². The molecule has 0 unspecified atom stereocenters. The second-order valence-electron chi connectivity index (χ2n) is 3.18. The minimum absolute atomic E-state index is 0.00381. The number of nitrogens with one attached hydrogen (secondary N) is 2. The number of H-pyrrole nitrogens is 1. The lowest BCUT2D eigenvalue weighted by molar-refractivity contribution is 0.561. The van der Waals surface area contributed by atoms with Gasteiger partial charge in [-0.3, -0.25) is 9.78 Å². The molecule has 92 valence electrons. The molecule has 2 aromatic rings. The Labute approximate surface area is 102 Å². The molecule has 0 radical (unpaired) electrons. The van der Waals surface area contributed by atoms with E-state index in [1.165, 1.54) is 24.3 Å². The number of aryl methyl sites for hydroxylation is 1. The first-order valence-electron chi connectivity index (χ1n) is 4.52. The van der Waals surface area contributed by atoms with E-state index in [0.29, 0.717) is 5.82 Å². The molecule has 10 heteroatoms. The highest BCUT2D eigenvalue weighted by atomic mass is 35.5. The van der Waals surface area contributed by atoms with Crippen molar-refractivity contribution in [3.8, 4) is 0 Å². The van der Waals surface area contributed by atoms with Crippen molar-refractivity contribution in [1.29, 1.82) is 0 Å². The standard InChI is InChI=1S/C7H9ClN6O2S/c1-14-7(5(8)2-11-14)17(15,16)12-3-6-9-4-10-13-6/h2,4,12H,3H2,1H3,(H,9,10,13). The summed E-state index contributed by atoms with van der Waals surface area (Å²) in [6.07, 6.45) is 2.56. The smallest absolute Gasteiger partial charge is 0.259 e. The van der Waals surface area contributed by atoms with Crippen LogP contribution in [0.5, 0.6) is 0 Å². The maximum atomic E-state index is 11.9. The second-order valence-corrected chi connectivity index (χ2v) is 5.27. The van der Waals surface area contributed by atoms with Crippen LogP contribution in [-0.4, -0.2) is 33.4 Å². The van der Waals surface area contributed by atoms with Crippen molar-refractivity contribution in [2.45, 2.75) is 11.6 Å². The number of hydrogen-bond acceptors (Lipinski definition) is 5. The summed E-state index contributed by atoms with van der Waals surface area (Å²) in [6.45, 7) is 0.00381. The quantitative estimate of drug-likeness (QED) is 0.795. The van der Waals surface area contributed by atoms with Gasteiger partial charge in [-0.05, 0) is 0 Å². The second kappa shape index (κ2) is 4.43. The third kappa shape index (κ3) is 2.46. The van der Waals surface area contributed by atoms with E-state index >= 15 is 0 Å². The summed E-state index contributed by atoms with van der Waals surface area (Å²) in [5, 5.41) is 9.89. The highest BCUT2D eigenvalue weighted by Crippen LogP contribution is 2.19. The maximum Gasteiger partial charge on any atom is 0.259 e. The van der Waals surface area contributed by atoms with Crippen LogP contribution in [0, 0.1) is 0 Å². The molecule has 0 fully saturated rings. The van der Waals surface area contributed by atoms with Gasteiger partial charge in [0.25, 0.3) is 10.0 Å². The van der Waals surface area contributed by atoms with E-state index in [1.807, 2.05) is 0 Å². The van der Waals surface area contributed by atoms with E-state index < -0.39 is 10.0 Å². The van der Waals surface area contributed by atoms with Crippen molar-refractivity contribution in [3.05, 3.63) is 23.4 Å². The van der Waals surface area contributed by atoms with Crippen LogP contribution in [-0.2, 0) is 23.6 Å². The van der Waals surface area contributed by atoms with Gasteiger partial charge >= 0.3 is 0 Å². The molecule has 0 saturated heterocycles. The zero-order valence-electron chi connectivity index (χ0n) is 8.75. The molecule has 0 atom stereocenters. The molecule has 0 aliphatic carbocycles. The molecular formula is C7H9ClN6O2S. The minimum atomic E-state index is -3.72. The minimum Gasteiger partial charge on any atom is -0.262 e. The van der Waals surface area contributed by atoms with Gasteiger partial charge in [0.15, 0.2) is 5.03 Å². The van der Waals surface area contributed by atoms with Gasteiger partial charge in [0.2, 0.25) is 0 Å². The Kier molecular flexibility index (Phi) is 3.13. The van der Waals surface area contributed by atoms with Crippen molar-refractivity contribution < 1.29 is 8.42 Å². The summed E-state index contributed by atoms with van der Waals surface area (Å²) in [4.78, 5) is 3.80. The van der Waals surface area contributed by atoms with E-state index in [9.17, 15) is 8.42 Å². The average molecular weight is 277 g/mol. The Hall–Kier alpha value is -1.45. The van der Waals surface area contributed by atoms with Crippen molar-refractivity contribution in [2.75, 3.05) is 0 Å². The van der Waals surface area contributed by atoms with E-state index in [0.717, 1.165) is 0 Å². The fourth-order valence-corrected chi connectivity index (χ4v) is 2.89. The Morgan fingerprint density at radius 1 is 1.59 bits per heavy atom. The molecule has 2 heterocycles. The van der Waals surface area contributed by atoms with Gasteiger partial charge < -0.3 is 0 Å². The molecule has 2 N–H and O–H groups in total. The van der Waals surface area contributed by atoms with Gasteiger partial charge in [-0.2, -0.15) is 10.2 Å². The molecule has 2 rings (SSSR count). The van der Waals surface area contributed by atoms with Crippen LogP contribution in [0.2, 0.25) is 5.02 Å². The molecule has 0 aromatic carbocycles. The van der Waals surface area contributed by atoms with E-state index in [-0.39, 0.29) is 16.6 Å². The molecular weight excluding hydrogens is 268 g/mol. The third-order valence-corrected chi connectivity index (χ3v) is 3.90. The molecule has 2 aromatic heterocycles. The summed E-state index contributed by atoms with van der Waals surface area (Å²) >= 11 is 5.75. The maximum absolute atomic E-state index is 11.9. The summed E-state index contributed by atoms with van der Waals surface area (Å²) < 4.78 is 27.3. The van der Waals surface area contributed by atoms with E-state index in [2.05, 4.69) is 25.0 Å². The number of aromatic amines is 1. The van der Waals surface area contributed by atoms with Crippen molar-refractivity contribution in [2.24, 2.45) is 7.05 Å². The van der Waals surface area contributed by atoms with Crippen LogP contribution in [0.4, 0.5) is 0 Å². The fourth-order valence-electron chi connectivity index (χ4n) is 1.25. The number of hydrogen-bond donors (Lipinski definition) is 2. The fraction of sp³-hybridized carbons (Fsp3) is 0.286. The van der Waals surface area contributed by atoms with Gasteiger partial charge in [0.1, 0.15) is 12.2 Å². The summed E-state index contributed by atoms with van der Waals surface area (Å²) in [6, 6.07) is 0. The number of halogens is 1. The van der Waals surface area contributed by atoms with Crippen LogP contribution in [0.25, 0.3) is 0 Å². The highest BCUT2D eigenvalue weighted by molar-refractivity contribution is 7.89. The Bertz CT molecular complexity index is 585. The molecule has 0 bridgehead atoms. The van der Waals surface area contributed by atoms with Gasteiger partial charge in [0, 0.05) is 7.05 Å². The molecule has 17 heavy (non-hydrogen) atoms. The monoisotopic (exact) mass is 276 g/mol. The predicted octanol–water partition coefficient (Wildman–Crippen LogP) is -0.330. The molecule has 8 nitrogen and oxygen atoms in total. The van der Waals surface area contributed by atoms with Gasteiger partial charge in [-0.25, -0.2) is 18.1 Å². The van der Waals surface area contributed by atoms with Crippen LogP contribution >= 0.6 is 11.6 Å². The predicted molar refractivity (Wildman–Crippen MR) is 58.6 cm³/mol. The Morgan fingerprint density at radius 2 is 2.35 bits per heavy atom. The number of aromatic nitrogens is 5. The topological polar surface area (TPSA) is 106 Å². The van der Waals surface area contributed by atoms with Crippen LogP contribution in [0.15, 0.2) is 17.6 Å². The van der Waals surface area contributed by atoms with Crippen molar-refractivity contribution >= 4 is 21.6 Å². The Morgan fingerprint density at radius 3 is 2.88 bits per heavy atom. The van der Waals surface area contributed by atoms with Gasteiger partial charge in [0.05, 0.1) is 17.8 Å². The number of rotatable bonds is 4. The molecule has 0 aliphatic heterocycles. The molecule has 0 amide bonds. The van der Waals surface area contributed by atoms with Crippen LogP contribution in [0.3, 0.4) is 0 Å². The van der Waals surface area contributed by atoms with Crippen molar-refractivity contribution in [3.63, 3.8) is 0 Å². The highest BCUT2D eigenvalue weighted by Gasteiger charge is 2.22. The Balaban J connectivity index is 2.20. The van der Waals surface area contributed by atoms with Crippen LogP contribution < -0.4 is 4.72 Å². The summed E-state index contributed by atoms with van der Waals surface area (Å²) in [5.41, 5.74) is 0. The van der Waals surface area contributed by atoms with Crippen molar-refractivity contribution in [1.82, 2.24) is 29.7 Å².